The van der Waals surface area contributed by atoms with E-state index in [4.69, 9.17) is 9.47 Å². The lowest BCUT2D eigenvalue weighted by Gasteiger charge is -2.62. The minimum absolute atomic E-state index is 0.115. The first-order valence-electron chi connectivity index (χ1n) is 16.8. The van der Waals surface area contributed by atoms with Crippen molar-refractivity contribution < 1.29 is 9.47 Å². The summed E-state index contributed by atoms with van der Waals surface area (Å²) in [5.74, 6) is 5.38. The third-order valence-corrected chi connectivity index (χ3v) is 11.6. The molecule has 0 amide bonds. The van der Waals surface area contributed by atoms with Crippen LogP contribution in [0.4, 0.5) is 0 Å². The Bertz CT molecular complexity index is 1050. The van der Waals surface area contributed by atoms with E-state index in [1.807, 2.05) is 0 Å². The number of benzene rings is 2. The summed E-state index contributed by atoms with van der Waals surface area (Å²) >= 11 is 0. The van der Waals surface area contributed by atoms with Gasteiger partial charge in [0.05, 0.1) is 0 Å². The highest BCUT2D eigenvalue weighted by molar-refractivity contribution is 5.47. The standard InChI is InChI=1S/C36H52N4O2/c1-37-11-15-39(16-12-37)19-21-41-34-7-3-30(4-8-34)36(32-24-28-23-29(26-32)27-33(36)25-28)31-5-9-35(10-6-31)42-22-20-40-17-13-38(2)14-18-40/h3-10,28-29,32-33H,11-27H2,1-2H3. The first kappa shape index (κ1) is 28.6. The maximum Gasteiger partial charge on any atom is 0.119 e. The fourth-order valence-electron chi connectivity index (χ4n) is 9.42. The lowest BCUT2D eigenvalue weighted by atomic mass is 9.42. The van der Waals surface area contributed by atoms with Crippen molar-refractivity contribution >= 4 is 0 Å². The van der Waals surface area contributed by atoms with Gasteiger partial charge in [0.25, 0.3) is 0 Å². The molecule has 2 aliphatic heterocycles. The molecule has 6 nitrogen and oxygen atoms in total. The molecule has 0 unspecified atom stereocenters. The number of hydrogen-bond acceptors (Lipinski definition) is 6. The zero-order valence-electron chi connectivity index (χ0n) is 26.1. The molecule has 0 spiro atoms. The van der Waals surface area contributed by atoms with Gasteiger partial charge < -0.3 is 19.3 Å². The minimum Gasteiger partial charge on any atom is -0.492 e. The van der Waals surface area contributed by atoms with Crippen LogP contribution in [0, 0.1) is 23.7 Å². The van der Waals surface area contributed by atoms with Crippen LogP contribution in [0.2, 0.25) is 0 Å². The van der Waals surface area contributed by atoms with Crippen LogP contribution in [0.3, 0.4) is 0 Å². The molecule has 6 fully saturated rings. The molecule has 0 atom stereocenters. The molecule has 42 heavy (non-hydrogen) atoms. The summed E-state index contributed by atoms with van der Waals surface area (Å²) in [6.45, 7) is 12.8. The van der Waals surface area contributed by atoms with Crippen molar-refractivity contribution in [1.82, 2.24) is 19.6 Å². The van der Waals surface area contributed by atoms with E-state index in [1.165, 1.54) is 43.2 Å². The molecule has 2 aromatic rings. The van der Waals surface area contributed by atoms with Crippen molar-refractivity contribution in [2.24, 2.45) is 23.7 Å². The Morgan fingerprint density at radius 1 is 0.548 bits per heavy atom. The van der Waals surface area contributed by atoms with E-state index >= 15 is 0 Å². The Hall–Kier alpha value is -2.12. The van der Waals surface area contributed by atoms with Crippen molar-refractivity contribution in [1.29, 1.82) is 0 Å². The molecule has 228 valence electrons. The lowest BCUT2D eigenvalue weighted by Crippen LogP contribution is -2.56. The second-order valence-corrected chi connectivity index (χ2v) is 14.2. The predicted octanol–water partition coefficient (Wildman–Crippen LogP) is 4.68. The fourth-order valence-corrected chi connectivity index (χ4v) is 9.42. The largest absolute Gasteiger partial charge is 0.492 e. The highest BCUT2D eigenvalue weighted by Crippen LogP contribution is 2.65. The average Bonchev–Trinajstić information content (AvgIpc) is 3.00. The maximum absolute atomic E-state index is 6.26. The number of piperazine rings is 2. The molecular formula is C36H52N4O2. The normalized spacial score (nSPS) is 30.0. The second kappa shape index (κ2) is 12.5. The Kier molecular flexibility index (Phi) is 8.50. The molecule has 4 saturated carbocycles. The van der Waals surface area contributed by atoms with Gasteiger partial charge in [0.2, 0.25) is 0 Å². The first-order chi connectivity index (χ1) is 20.6. The molecule has 2 heterocycles. The van der Waals surface area contributed by atoms with Gasteiger partial charge in [-0.15, -0.1) is 0 Å². The molecule has 0 aromatic heterocycles. The number of rotatable bonds is 10. The molecular weight excluding hydrogens is 520 g/mol. The van der Waals surface area contributed by atoms with E-state index in [9.17, 15) is 0 Å². The number of likely N-dealkylation sites (N-methyl/N-ethyl adjacent to an activating group) is 2. The topological polar surface area (TPSA) is 31.4 Å². The van der Waals surface area contributed by atoms with E-state index in [0.29, 0.717) is 0 Å². The molecule has 6 aliphatic rings. The molecule has 2 saturated heterocycles. The van der Waals surface area contributed by atoms with Crippen LogP contribution < -0.4 is 9.47 Å². The highest BCUT2D eigenvalue weighted by Gasteiger charge is 2.58. The first-order valence-corrected chi connectivity index (χ1v) is 16.8. The van der Waals surface area contributed by atoms with Gasteiger partial charge >= 0.3 is 0 Å². The quantitative estimate of drug-likeness (QED) is 0.411. The monoisotopic (exact) mass is 572 g/mol. The van der Waals surface area contributed by atoms with Gasteiger partial charge in [0.15, 0.2) is 0 Å². The van der Waals surface area contributed by atoms with Gasteiger partial charge in [-0.1, -0.05) is 24.3 Å². The van der Waals surface area contributed by atoms with Crippen molar-refractivity contribution in [2.75, 3.05) is 92.8 Å². The van der Waals surface area contributed by atoms with Crippen LogP contribution in [0.15, 0.2) is 48.5 Å². The molecule has 2 aromatic carbocycles. The zero-order valence-corrected chi connectivity index (χ0v) is 26.1. The predicted molar refractivity (Wildman–Crippen MR) is 170 cm³/mol. The van der Waals surface area contributed by atoms with E-state index in [-0.39, 0.29) is 5.41 Å². The van der Waals surface area contributed by atoms with Crippen LogP contribution >= 0.6 is 0 Å². The van der Waals surface area contributed by atoms with Gasteiger partial charge in [-0.2, -0.15) is 0 Å². The van der Waals surface area contributed by atoms with Crippen molar-refractivity contribution in [3.8, 4) is 11.5 Å². The molecule has 0 radical (unpaired) electrons. The van der Waals surface area contributed by atoms with Crippen molar-refractivity contribution in [3.05, 3.63) is 59.7 Å². The summed E-state index contributed by atoms with van der Waals surface area (Å²) < 4.78 is 12.5. The Labute approximate surface area is 253 Å². The van der Waals surface area contributed by atoms with E-state index in [0.717, 1.165) is 114 Å². The van der Waals surface area contributed by atoms with E-state index in [1.54, 1.807) is 0 Å². The molecule has 6 heteroatoms. The van der Waals surface area contributed by atoms with Gasteiger partial charge in [-0.25, -0.2) is 0 Å². The van der Waals surface area contributed by atoms with Crippen LogP contribution in [0.1, 0.15) is 43.2 Å². The van der Waals surface area contributed by atoms with Gasteiger partial charge in [-0.3, -0.25) is 9.80 Å². The molecule has 0 N–H and O–H groups in total. The summed E-state index contributed by atoms with van der Waals surface area (Å²) in [4.78, 5) is 9.87. The van der Waals surface area contributed by atoms with E-state index < -0.39 is 0 Å². The summed E-state index contributed by atoms with van der Waals surface area (Å²) in [5, 5.41) is 0. The number of hydrogen-bond donors (Lipinski definition) is 0. The Morgan fingerprint density at radius 2 is 0.929 bits per heavy atom. The third-order valence-electron chi connectivity index (χ3n) is 11.6. The minimum atomic E-state index is 0.115. The van der Waals surface area contributed by atoms with Crippen molar-refractivity contribution in [2.45, 2.75) is 37.5 Å². The zero-order chi connectivity index (χ0) is 28.5. The van der Waals surface area contributed by atoms with Crippen LogP contribution in [0.25, 0.3) is 0 Å². The Morgan fingerprint density at radius 3 is 1.31 bits per heavy atom. The number of nitrogens with zero attached hydrogens (tertiary/aromatic N) is 4. The van der Waals surface area contributed by atoms with Gasteiger partial charge in [0.1, 0.15) is 24.7 Å². The van der Waals surface area contributed by atoms with Gasteiger partial charge in [0, 0.05) is 70.9 Å². The van der Waals surface area contributed by atoms with Crippen LogP contribution in [0.5, 0.6) is 11.5 Å². The molecule has 4 aliphatic carbocycles. The number of ether oxygens (including phenoxy) is 2. The third kappa shape index (κ3) is 5.85. The fraction of sp³-hybridized carbons (Fsp3) is 0.667. The Balaban J connectivity index is 1.04. The molecule has 8 rings (SSSR count). The van der Waals surface area contributed by atoms with E-state index in [2.05, 4.69) is 82.2 Å². The highest BCUT2D eigenvalue weighted by atomic mass is 16.5. The van der Waals surface area contributed by atoms with Crippen LogP contribution in [-0.2, 0) is 5.41 Å². The smallest absolute Gasteiger partial charge is 0.119 e. The average molecular weight is 573 g/mol. The maximum atomic E-state index is 6.26. The second-order valence-electron chi connectivity index (χ2n) is 14.2. The summed E-state index contributed by atoms with van der Waals surface area (Å²) in [6, 6.07) is 18.7. The summed E-state index contributed by atoms with van der Waals surface area (Å²) in [6.07, 6.45) is 7.03. The lowest BCUT2D eigenvalue weighted by molar-refractivity contribution is -0.0418. The van der Waals surface area contributed by atoms with Gasteiger partial charge in [-0.05, 0) is 105 Å². The van der Waals surface area contributed by atoms with Crippen molar-refractivity contribution in [3.63, 3.8) is 0 Å². The summed E-state index contributed by atoms with van der Waals surface area (Å²) in [7, 11) is 4.43. The SMILES string of the molecule is CN1CCN(CCOc2ccc(C3(c4ccc(OCCN5CCN(C)CC5)cc4)C4CC5CC(C4)CC3C5)cc2)CC1. The molecule has 4 bridgehead atoms. The summed E-state index contributed by atoms with van der Waals surface area (Å²) in [5.41, 5.74) is 3.13. The van der Waals surface area contributed by atoms with Crippen LogP contribution in [-0.4, -0.2) is 112 Å².